The van der Waals surface area contributed by atoms with E-state index in [1.54, 1.807) is 23.6 Å². The van der Waals surface area contributed by atoms with Crippen molar-refractivity contribution in [3.8, 4) is 10.6 Å². The molecule has 4 nitrogen and oxygen atoms in total. The van der Waals surface area contributed by atoms with Crippen LogP contribution in [0.5, 0.6) is 0 Å². The summed E-state index contributed by atoms with van der Waals surface area (Å²) in [6.07, 6.45) is 2.24. The van der Waals surface area contributed by atoms with Crippen LogP contribution in [0.2, 0.25) is 0 Å². The number of carbonyl (C=O) groups excluding carboxylic acids is 1. The van der Waals surface area contributed by atoms with E-state index in [1.165, 1.54) is 23.8 Å². The monoisotopic (exact) mass is 345 g/mol. The summed E-state index contributed by atoms with van der Waals surface area (Å²) in [6, 6.07) is 6.84. The number of likely N-dealkylation sites (tertiary alicyclic amines) is 2. The van der Waals surface area contributed by atoms with Gasteiger partial charge in [0.2, 0.25) is 0 Å². The van der Waals surface area contributed by atoms with Crippen LogP contribution in [0.25, 0.3) is 10.6 Å². The maximum Gasteiger partial charge on any atom is 0.273 e. The molecular formula is C18H20FN3OS. The van der Waals surface area contributed by atoms with E-state index in [9.17, 15) is 9.18 Å². The number of likely N-dealkylation sites (N-methyl/N-ethyl adjacent to an activating group) is 1. The Labute approximate surface area is 144 Å². The average Bonchev–Trinajstić information content (AvgIpc) is 3.20. The number of halogens is 1. The fraction of sp³-hybridized carbons (Fsp3) is 0.444. The highest BCUT2D eigenvalue weighted by molar-refractivity contribution is 7.13. The lowest BCUT2D eigenvalue weighted by Crippen LogP contribution is -2.48. The highest BCUT2D eigenvalue weighted by Gasteiger charge is 2.40. The lowest BCUT2D eigenvalue weighted by molar-refractivity contribution is 0.0566. The smallest absolute Gasteiger partial charge is 0.273 e. The molecule has 2 aromatic rings. The molecule has 0 spiro atoms. The van der Waals surface area contributed by atoms with Crippen molar-refractivity contribution in [2.24, 2.45) is 5.92 Å². The summed E-state index contributed by atoms with van der Waals surface area (Å²) in [7, 11) is 2.11. The second-order valence-corrected chi connectivity index (χ2v) is 7.57. The third-order valence-corrected chi connectivity index (χ3v) is 5.93. The first-order valence-electron chi connectivity index (χ1n) is 8.33. The molecule has 2 aliphatic rings. The van der Waals surface area contributed by atoms with Gasteiger partial charge in [-0.1, -0.05) is 12.1 Å². The van der Waals surface area contributed by atoms with Crippen molar-refractivity contribution in [1.82, 2.24) is 14.8 Å². The molecule has 2 atom stereocenters. The van der Waals surface area contributed by atoms with Gasteiger partial charge in [0.15, 0.2) is 0 Å². The third-order valence-electron chi connectivity index (χ3n) is 5.05. The van der Waals surface area contributed by atoms with E-state index in [-0.39, 0.29) is 17.8 Å². The van der Waals surface area contributed by atoms with Crippen molar-refractivity contribution in [2.45, 2.75) is 18.9 Å². The summed E-state index contributed by atoms with van der Waals surface area (Å²) >= 11 is 1.33. The van der Waals surface area contributed by atoms with Gasteiger partial charge >= 0.3 is 0 Å². The summed E-state index contributed by atoms with van der Waals surface area (Å²) in [6.45, 7) is 2.78. The van der Waals surface area contributed by atoms with Crippen LogP contribution >= 0.6 is 11.3 Å². The number of piperidine rings is 1. The van der Waals surface area contributed by atoms with E-state index >= 15 is 0 Å². The van der Waals surface area contributed by atoms with Crippen LogP contribution in [0.15, 0.2) is 29.6 Å². The van der Waals surface area contributed by atoms with Gasteiger partial charge in [-0.15, -0.1) is 11.3 Å². The largest absolute Gasteiger partial charge is 0.333 e. The molecule has 3 heterocycles. The highest BCUT2D eigenvalue weighted by atomic mass is 32.1. The van der Waals surface area contributed by atoms with Crippen LogP contribution in [0, 0.1) is 11.7 Å². The standard InChI is InChI=1S/C18H20FN3OS/c1-21-9-12-5-4-8-22(16(12)10-21)18(23)15-11-24-17(20-15)13-6-2-3-7-14(13)19/h2-3,6-7,11-12,16H,4-5,8-10H2,1H3/t12-,16+/m0/s1. The van der Waals surface area contributed by atoms with Gasteiger partial charge in [-0.25, -0.2) is 9.37 Å². The maximum absolute atomic E-state index is 13.9. The summed E-state index contributed by atoms with van der Waals surface area (Å²) in [4.78, 5) is 21.6. The van der Waals surface area contributed by atoms with Gasteiger partial charge in [-0.05, 0) is 37.9 Å². The Bertz CT molecular complexity index is 762. The predicted octanol–water partition coefficient (Wildman–Crippen LogP) is 3.12. The summed E-state index contributed by atoms with van der Waals surface area (Å²) < 4.78 is 13.9. The summed E-state index contributed by atoms with van der Waals surface area (Å²) in [5.74, 6) is 0.248. The number of hydrogen-bond acceptors (Lipinski definition) is 4. The van der Waals surface area contributed by atoms with E-state index in [4.69, 9.17) is 0 Å². The molecule has 1 aromatic carbocycles. The van der Waals surface area contributed by atoms with Crippen molar-refractivity contribution in [3.05, 3.63) is 41.2 Å². The second-order valence-electron chi connectivity index (χ2n) is 6.71. The van der Waals surface area contributed by atoms with Crippen LogP contribution in [0.3, 0.4) is 0 Å². The third kappa shape index (κ3) is 2.74. The number of amides is 1. The number of thiazole rings is 1. The molecule has 0 aliphatic carbocycles. The first-order chi connectivity index (χ1) is 11.6. The topological polar surface area (TPSA) is 36.4 Å². The first kappa shape index (κ1) is 15.7. The first-order valence-corrected chi connectivity index (χ1v) is 9.21. The van der Waals surface area contributed by atoms with Crippen LogP contribution in [0.1, 0.15) is 23.3 Å². The molecule has 1 aromatic heterocycles. The normalized spacial score (nSPS) is 24.2. The van der Waals surface area contributed by atoms with Crippen molar-refractivity contribution in [1.29, 1.82) is 0 Å². The molecule has 0 N–H and O–H groups in total. The summed E-state index contributed by atoms with van der Waals surface area (Å²) in [5.41, 5.74) is 0.895. The number of hydrogen-bond donors (Lipinski definition) is 0. The van der Waals surface area contributed by atoms with Gasteiger partial charge in [-0.2, -0.15) is 0 Å². The minimum absolute atomic E-state index is 0.0150. The molecule has 4 rings (SSSR count). The van der Waals surface area contributed by atoms with Crippen molar-refractivity contribution in [3.63, 3.8) is 0 Å². The fourth-order valence-electron chi connectivity index (χ4n) is 3.92. The molecule has 0 radical (unpaired) electrons. The lowest BCUT2D eigenvalue weighted by atomic mass is 9.92. The SMILES string of the molecule is CN1C[C@@H]2CCCN(C(=O)c3csc(-c4ccccc4F)n3)[C@@H]2C1. The molecule has 2 aliphatic heterocycles. The van der Waals surface area contributed by atoms with E-state index in [0.717, 1.165) is 26.1 Å². The lowest BCUT2D eigenvalue weighted by Gasteiger charge is -2.36. The molecule has 126 valence electrons. The van der Waals surface area contributed by atoms with Gasteiger partial charge < -0.3 is 9.80 Å². The van der Waals surface area contributed by atoms with Crippen molar-refractivity contribution >= 4 is 17.2 Å². The molecule has 2 fully saturated rings. The van der Waals surface area contributed by atoms with E-state index < -0.39 is 0 Å². The Balaban J connectivity index is 1.58. The second kappa shape index (κ2) is 6.26. The van der Waals surface area contributed by atoms with E-state index in [2.05, 4.69) is 16.9 Å². The Kier molecular flexibility index (Phi) is 4.10. The Hall–Kier alpha value is -1.79. The Morgan fingerprint density at radius 1 is 1.33 bits per heavy atom. The van der Waals surface area contributed by atoms with Crippen LogP contribution in [-0.4, -0.2) is 53.4 Å². The molecule has 0 bridgehead atoms. The van der Waals surface area contributed by atoms with Gasteiger partial charge in [0, 0.05) is 36.6 Å². The van der Waals surface area contributed by atoms with E-state index in [1.807, 2.05) is 4.90 Å². The number of fused-ring (bicyclic) bond motifs is 1. The minimum atomic E-state index is -0.304. The number of rotatable bonds is 2. The zero-order valence-corrected chi connectivity index (χ0v) is 14.4. The van der Waals surface area contributed by atoms with Gasteiger partial charge in [-0.3, -0.25) is 4.79 Å². The predicted molar refractivity (Wildman–Crippen MR) is 92.6 cm³/mol. The van der Waals surface area contributed by atoms with Crippen LogP contribution in [0.4, 0.5) is 4.39 Å². The highest BCUT2D eigenvalue weighted by Crippen LogP contribution is 2.32. The average molecular weight is 345 g/mol. The van der Waals surface area contributed by atoms with Crippen LogP contribution in [-0.2, 0) is 0 Å². The Morgan fingerprint density at radius 3 is 3.00 bits per heavy atom. The molecule has 6 heteroatoms. The number of carbonyl (C=O) groups is 1. The quantitative estimate of drug-likeness (QED) is 0.839. The van der Waals surface area contributed by atoms with Crippen LogP contribution < -0.4 is 0 Å². The minimum Gasteiger partial charge on any atom is -0.333 e. The van der Waals surface area contributed by atoms with Gasteiger partial charge in [0.05, 0.1) is 0 Å². The van der Waals surface area contributed by atoms with Gasteiger partial charge in [0.1, 0.15) is 16.5 Å². The van der Waals surface area contributed by atoms with Crippen molar-refractivity contribution in [2.75, 3.05) is 26.7 Å². The zero-order valence-electron chi connectivity index (χ0n) is 13.6. The Morgan fingerprint density at radius 2 is 2.17 bits per heavy atom. The molecule has 1 amide bonds. The molecule has 0 unspecified atom stereocenters. The number of benzene rings is 1. The molecule has 24 heavy (non-hydrogen) atoms. The van der Waals surface area contributed by atoms with E-state index in [0.29, 0.717) is 22.2 Å². The van der Waals surface area contributed by atoms with Gasteiger partial charge in [0.25, 0.3) is 5.91 Å². The number of nitrogens with zero attached hydrogens (tertiary/aromatic N) is 3. The number of aromatic nitrogens is 1. The molecule has 2 saturated heterocycles. The van der Waals surface area contributed by atoms with Crippen molar-refractivity contribution < 1.29 is 9.18 Å². The zero-order chi connectivity index (χ0) is 16.7. The maximum atomic E-state index is 13.9. The summed E-state index contributed by atoms with van der Waals surface area (Å²) in [5, 5.41) is 2.32. The molecular weight excluding hydrogens is 325 g/mol. The fourth-order valence-corrected chi connectivity index (χ4v) is 4.74. The molecule has 0 saturated carbocycles.